The molecule has 0 aromatic rings. The number of nitrogens with two attached hydrogens (primary N) is 1. The van der Waals surface area contributed by atoms with Gasteiger partial charge in [0, 0.05) is 26.2 Å². The van der Waals surface area contributed by atoms with Crippen LogP contribution in [-0.4, -0.2) is 54.5 Å². The van der Waals surface area contributed by atoms with Gasteiger partial charge >= 0.3 is 0 Å². The van der Waals surface area contributed by atoms with E-state index in [1.165, 1.54) is 12.8 Å². The van der Waals surface area contributed by atoms with Crippen LogP contribution in [0.5, 0.6) is 0 Å². The van der Waals surface area contributed by atoms with E-state index in [1.54, 1.807) is 0 Å². The molecule has 2 fully saturated rings. The number of amides is 1. The van der Waals surface area contributed by atoms with Crippen molar-refractivity contribution in [3.8, 4) is 0 Å². The van der Waals surface area contributed by atoms with E-state index in [2.05, 4.69) is 11.8 Å². The van der Waals surface area contributed by atoms with Crippen molar-refractivity contribution in [1.82, 2.24) is 9.80 Å². The van der Waals surface area contributed by atoms with E-state index < -0.39 is 0 Å². The van der Waals surface area contributed by atoms with Crippen LogP contribution in [0.3, 0.4) is 0 Å². The molecule has 0 bridgehead atoms. The van der Waals surface area contributed by atoms with Crippen LogP contribution in [-0.2, 0) is 4.79 Å². The fourth-order valence-electron chi connectivity index (χ4n) is 2.90. The smallest absolute Gasteiger partial charge is 0.239 e. The summed E-state index contributed by atoms with van der Waals surface area (Å²) >= 11 is 0. The summed E-state index contributed by atoms with van der Waals surface area (Å²) in [6.45, 7) is 5.05. The number of carbonyl (C=O) groups is 1. The number of hydrogen-bond acceptors (Lipinski definition) is 3. The minimum absolute atomic E-state index is 0.131. The minimum atomic E-state index is 0.131. The van der Waals surface area contributed by atoms with Crippen molar-refractivity contribution in [2.75, 3.05) is 26.7 Å². The van der Waals surface area contributed by atoms with Crippen molar-refractivity contribution in [2.45, 2.75) is 38.3 Å². The lowest BCUT2D eigenvalue weighted by Crippen LogP contribution is -2.49. The molecular formula is C12H23N3O. The first-order chi connectivity index (χ1) is 7.59. The Balaban J connectivity index is 1.97. The van der Waals surface area contributed by atoms with Crippen molar-refractivity contribution in [2.24, 2.45) is 11.7 Å². The third kappa shape index (κ3) is 2.23. The van der Waals surface area contributed by atoms with Crippen LogP contribution in [0.2, 0.25) is 0 Å². The van der Waals surface area contributed by atoms with Crippen molar-refractivity contribution in [3.63, 3.8) is 0 Å². The minimum Gasteiger partial charge on any atom is -0.344 e. The average Bonchev–Trinajstić information content (AvgIpc) is 2.60. The summed E-state index contributed by atoms with van der Waals surface area (Å²) in [7, 11) is 1.90. The van der Waals surface area contributed by atoms with Gasteiger partial charge in [-0.2, -0.15) is 0 Å². The second-order valence-corrected chi connectivity index (χ2v) is 5.32. The largest absolute Gasteiger partial charge is 0.344 e. The van der Waals surface area contributed by atoms with Gasteiger partial charge < -0.3 is 10.6 Å². The highest BCUT2D eigenvalue weighted by Gasteiger charge is 2.36. The summed E-state index contributed by atoms with van der Waals surface area (Å²) in [5.41, 5.74) is 5.97. The summed E-state index contributed by atoms with van der Waals surface area (Å²) in [4.78, 5) is 16.1. The van der Waals surface area contributed by atoms with E-state index in [9.17, 15) is 4.79 Å². The van der Waals surface area contributed by atoms with Crippen molar-refractivity contribution >= 4 is 5.91 Å². The molecule has 0 radical (unpaired) electrons. The van der Waals surface area contributed by atoms with Gasteiger partial charge in [0.1, 0.15) is 0 Å². The summed E-state index contributed by atoms with van der Waals surface area (Å²) in [5.74, 6) is 0.859. The Labute approximate surface area is 97.8 Å². The lowest BCUT2D eigenvalue weighted by atomic mass is 9.91. The Morgan fingerprint density at radius 2 is 2.12 bits per heavy atom. The molecule has 0 aliphatic carbocycles. The first-order valence-corrected chi connectivity index (χ1v) is 6.34. The molecule has 0 aromatic heterocycles. The highest BCUT2D eigenvalue weighted by atomic mass is 16.2. The number of likely N-dealkylation sites (tertiary alicyclic amines) is 2. The molecular weight excluding hydrogens is 202 g/mol. The molecule has 92 valence electrons. The van der Waals surface area contributed by atoms with Gasteiger partial charge in [-0.1, -0.05) is 0 Å². The maximum absolute atomic E-state index is 11.9. The normalized spacial score (nSPS) is 34.4. The number of likely N-dealkylation sites (N-methyl/N-ethyl adjacent to an activating group) is 1. The van der Waals surface area contributed by atoms with Gasteiger partial charge in [0.15, 0.2) is 0 Å². The third-order valence-electron chi connectivity index (χ3n) is 4.07. The van der Waals surface area contributed by atoms with Gasteiger partial charge in [-0.05, 0) is 38.6 Å². The Morgan fingerprint density at radius 1 is 1.38 bits per heavy atom. The summed E-state index contributed by atoms with van der Waals surface area (Å²) in [5, 5.41) is 0. The lowest BCUT2D eigenvalue weighted by Gasteiger charge is -2.37. The highest BCUT2D eigenvalue weighted by molar-refractivity contribution is 5.83. The summed E-state index contributed by atoms with van der Waals surface area (Å²) in [6.07, 6.45) is 3.38. The molecule has 2 aliphatic rings. The van der Waals surface area contributed by atoms with Crippen molar-refractivity contribution in [1.29, 1.82) is 0 Å². The van der Waals surface area contributed by atoms with Crippen LogP contribution in [0.4, 0.5) is 0 Å². The molecule has 4 nitrogen and oxygen atoms in total. The van der Waals surface area contributed by atoms with E-state index >= 15 is 0 Å². The monoisotopic (exact) mass is 225 g/mol. The second-order valence-electron chi connectivity index (χ2n) is 5.32. The molecule has 2 saturated heterocycles. The van der Waals surface area contributed by atoms with Crippen LogP contribution in [0, 0.1) is 5.92 Å². The van der Waals surface area contributed by atoms with Gasteiger partial charge in [-0.25, -0.2) is 0 Å². The van der Waals surface area contributed by atoms with E-state index in [-0.39, 0.29) is 12.1 Å². The SMILES string of the molecule is CC(N)C1CCCN(C2CCN(C)C2=O)C1. The van der Waals surface area contributed by atoms with Gasteiger partial charge in [0.25, 0.3) is 0 Å². The van der Waals surface area contributed by atoms with Gasteiger partial charge in [0.05, 0.1) is 6.04 Å². The zero-order valence-electron chi connectivity index (χ0n) is 10.4. The zero-order chi connectivity index (χ0) is 11.7. The van der Waals surface area contributed by atoms with E-state index in [0.717, 1.165) is 26.1 Å². The average molecular weight is 225 g/mol. The molecule has 2 aliphatic heterocycles. The van der Waals surface area contributed by atoms with Gasteiger partial charge in [-0.15, -0.1) is 0 Å². The Bertz CT molecular complexity index is 267. The summed E-state index contributed by atoms with van der Waals surface area (Å²) in [6, 6.07) is 0.378. The summed E-state index contributed by atoms with van der Waals surface area (Å²) < 4.78 is 0. The predicted octanol–water partition coefficient (Wildman–Crippen LogP) is 0.276. The van der Waals surface area contributed by atoms with Crippen LogP contribution < -0.4 is 5.73 Å². The fraction of sp³-hybridized carbons (Fsp3) is 0.917. The van der Waals surface area contributed by atoms with Crippen LogP contribution in [0.15, 0.2) is 0 Å². The van der Waals surface area contributed by atoms with E-state index in [1.807, 2.05) is 11.9 Å². The fourth-order valence-corrected chi connectivity index (χ4v) is 2.90. The number of rotatable bonds is 2. The number of carbonyl (C=O) groups excluding carboxylic acids is 1. The highest BCUT2D eigenvalue weighted by Crippen LogP contribution is 2.24. The molecule has 1 amide bonds. The van der Waals surface area contributed by atoms with Crippen LogP contribution in [0.25, 0.3) is 0 Å². The zero-order valence-corrected chi connectivity index (χ0v) is 10.4. The van der Waals surface area contributed by atoms with Gasteiger partial charge in [-0.3, -0.25) is 9.69 Å². The van der Waals surface area contributed by atoms with Crippen LogP contribution in [0.1, 0.15) is 26.2 Å². The molecule has 3 atom stereocenters. The Kier molecular flexibility index (Phi) is 3.50. The molecule has 0 saturated carbocycles. The molecule has 2 rings (SSSR count). The number of nitrogens with zero attached hydrogens (tertiary/aromatic N) is 2. The molecule has 3 unspecified atom stereocenters. The lowest BCUT2D eigenvalue weighted by molar-refractivity contribution is -0.131. The molecule has 2 N–H and O–H groups in total. The maximum atomic E-state index is 11.9. The topological polar surface area (TPSA) is 49.6 Å². The van der Waals surface area contributed by atoms with E-state index in [4.69, 9.17) is 5.73 Å². The first-order valence-electron chi connectivity index (χ1n) is 6.34. The molecule has 4 heteroatoms. The Morgan fingerprint density at radius 3 is 2.69 bits per heavy atom. The quantitative estimate of drug-likeness (QED) is 0.734. The predicted molar refractivity (Wildman–Crippen MR) is 64.0 cm³/mol. The van der Waals surface area contributed by atoms with E-state index in [0.29, 0.717) is 11.8 Å². The standard InChI is InChI=1S/C12H23N3O/c1-9(13)10-4-3-6-15(8-10)11-5-7-14(2)12(11)16/h9-11H,3-8,13H2,1-2H3. The van der Waals surface area contributed by atoms with Gasteiger partial charge in [0.2, 0.25) is 5.91 Å². The van der Waals surface area contributed by atoms with Crippen LogP contribution >= 0.6 is 0 Å². The third-order valence-corrected chi connectivity index (χ3v) is 4.07. The Hall–Kier alpha value is -0.610. The number of hydrogen-bond donors (Lipinski definition) is 1. The molecule has 2 heterocycles. The maximum Gasteiger partial charge on any atom is 0.239 e. The number of piperidine rings is 1. The second kappa shape index (κ2) is 4.72. The first kappa shape index (κ1) is 11.9. The van der Waals surface area contributed by atoms with Crippen molar-refractivity contribution < 1.29 is 4.79 Å². The molecule has 0 spiro atoms. The molecule has 16 heavy (non-hydrogen) atoms. The molecule has 0 aromatic carbocycles. The van der Waals surface area contributed by atoms with Crippen molar-refractivity contribution in [3.05, 3.63) is 0 Å².